The lowest BCUT2D eigenvalue weighted by Crippen LogP contribution is -2.37. The maximum absolute atomic E-state index is 13.4. The second-order valence-corrected chi connectivity index (χ2v) is 9.17. The van der Waals surface area contributed by atoms with Crippen LogP contribution in [0.15, 0.2) is 57.9 Å². The number of thiocarbonyl (C=S) groups is 1. The Labute approximate surface area is 190 Å². The number of benzene rings is 2. The number of hydrogen-bond donors (Lipinski definition) is 1. The standard InChI is InChI=1S/C21H15BrN2O4S2/c1-2-23-14-9-8-12(22)10-13(14)15(18(23)25)17-19(26)24(21(29)30-17)16(20(27)28)11-6-4-3-5-7-11/h3-10,16H,2H2,1H3,(H,27,28)/b17-15-. The minimum absolute atomic E-state index is 0.109. The van der Waals surface area contributed by atoms with Gasteiger partial charge in [-0.3, -0.25) is 14.5 Å². The van der Waals surface area contributed by atoms with Gasteiger partial charge in [0, 0.05) is 16.6 Å². The van der Waals surface area contributed by atoms with E-state index >= 15 is 0 Å². The van der Waals surface area contributed by atoms with Gasteiger partial charge < -0.3 is 10.0 Å². The number of amides is 2. The molecule has 0 bridgehead atoms. The smallest absolute Gasteiger partial charge is 0.331 e. The normalized spacial score (nSPS) is 19.5. The minimum Gasteiger partial charge on any atom is -0.479 e. The first-order chi connectivity index (χ1) is 14.3. The molecule has 1 unspecified atom stereocenters. The number of hydrogen-bond acceptors (Lipinski definition) is 5. The summed E-state index contributed by atoms with van der Waals surface area (Å²) in [5, 5.41) is 9.84. The third-order valence-corrected chi connectivity index (χ3v) is 6.82. The molecule has 6 nitrogen and oxygen atoms in total. The van der Waals surface area contributed by atoms with Crippen LogP contribution in [0.1, 0.15) is 24.1 Å². The topological polar surface area (TPSA) is 77.9 Å². The number of thioether (sulfide) groups is 1. The average Bonchev–Trinajstić information content (AvgIpc) is 3.15. The first kappa shape index (κ1) is 20.8. The van der Waals surface area contributed by atoms with E-state index in [0.29, 0.717) is 23.4 Å². The Bertz CT molecular complexity index is 1130. The van der Waals surface area contributed by atoms with Crippen LogP contribution in [0.2, 0.25) is 0 Å². The minimum atomic E-state index is -1.27. The Morgan fingerprint density at radius 2 is 1.87 bits per heavy atom. The molecule has 0 saturated carbocycles. The van der Waals surface area contributed by atoms with E-state index in [0.717, 1.165) is 21.1 Å². The summed E-state index contributed by atoms with van der Waals surface area (Å²) in [6, 6.07) is 12.6. The van der Waals surface area contributed by atoms with Gasteiger partial charge in [0.05, 0.1) is 16.2 Å². The van der Waals surface area contributed by atoms with Gasteiger partial charge in [0.25, 0.3) is 11.8 Å². The van der Waals surface area contributed by atoms with E-state index in [1.54, 1.807) is 41.3 Å². The van der Waals surface area contributed by atoms with Crippen molar-refractivity contribution in [3.8, 4) is 0 Å². The van der Waals surface area contributed by atoms with Gasteiger partial charge in [0.15, 0.2) is 6.04 Å². The lowest BCUT2D eigenvalue weighted by molar-refractivity contribution is -0.145. The van der Waals surface area contributed by atoms with Gasteiger partial charge in [-0.2, -0.15) is 0 Å². The van der Waals surface area contributed by atoms with Crippen LogP contribution in [0, 0.1) is 0 Å². The third kappa shape index (κ3) is 3.27. The van der Waals surface area contributed by atoms with Crippen molar-refractivity contribution in [2.45, 2.75) is 13.0 Å². The summed E-state index contributed by atoms with van der Waals surface area (Å²) in [4.78, 5) is 41.4. The molecule has 0 radical (unpaired) electrons. The van der Waals surface area contributed by atoms with Crippen LogP contribution in [0.3, 0.4) is 0 Å². The predicted molar refractivity (Wildman–Crippen MR) is 123 cm³/mol. The van der Waals surface area contributed by atoms with E-state index in [1.807, 2.05) is 19.1 Å². The number of halogens is 1. The fourth-order valence-electron chi connectivity index (χ4n) is 3.63. The Kier molecular flexibility index (Phi) is 5.52. The maximum atomic E-state index is 13.4. The fourth-order valence-corrected chi connectivity index (χ4v) is 5.37. The van der Waals surface area contributed by atoms with Crippen molar-refractivity contribution in [2.75, 3.05) is 11.4 Å². The lowest BCUT2D eigenvalue weighted by Gasteiger charge is -2.23. The molecule has 0 spiro atoms. The summed E-state index contributed by atoms with van der Waals surface area (Å²) >= 11 is 9.77. The van der Waals surface area contributed by atoms with Crippen LogP contribution < -0.4 is 4.90 Å². The number of carboxylic acids is 1. The van der Waals surface area contributed by atoms with Crippen molar-refractivity contribution in [3.05, 3.63) is 69.0 Å². The van der Waals surface area contributed by atoms with Gasteiger partial charge >= 0.3 is 5.97 Å². The number of likely N-dealkylation sites (N-methyl/N-ethyl adjacent to an activating group) is 1. The zero-order valence-corrected chi connectivity index (χ0v) is 18.9. The van der Waals surface area contributed by atoms with E-state index in [4.69, 9.17) is 12.2 Å². The molecule has 1 saturated heterocycles. The maximum Gasteiger partial charge on any atom is 0.331 e. The van der Waals surface area contributed by atoms with Crippen LogP contribution in [0.4, 0.5) is 5.69 Å². The largest absolute Gasteiger partial charge is 0.479 e. The van der Waals surface area contributed by atoms with Crippen molar-refractivity contribution in [1.82, 2.24) is 4.90 Å². The van der Waals surface area contributed by atoms with Gasteiger partial charge in [-0.1, -0.05) is 70.2 Å². The number of aliphatic carboxylic acids is 1. The number of rotatable bonds is 4. The molecule has 4 rings (SSSR count). The third-order valence-electron chi connectivity index (χ3n) is 4.93. The summed E-state index contributed by atoms with van der Waals surface area (Å²) in [7, 11) is 0. The second-order valence-electron chi connectivity index (χ2n) is 6.61. The van der Waals surface area contributed by atoms with E-state index in [-0.39, 0.29) is 20.7 Å². The molecule has 30 heavy (non-hydrogen) atoms. The molecule has 2 aromatic carbocycles. The van der Waals surface area contributed by atoms with Crippen LogP contribution in [0.5, 0.6) is 0 Å². The van der Waals surface area contributed by atoms with E-state index < -0.39 is 17.9 Å². The zero-order valence-electron chi connectivity index (χ0n) is 15.7. The van der Waals surface area contributed by atoms with Gasteiger partial charge in [-0.15, -0.1) is 0 Å². The number of carbonyl (C=O) groups is 3. The molecule has 1 atom stereocenters. The molecule has 9 heteroatoms. The molecule has 2 aliphatic rings. The molecule has 152 valence electrons. The van der Waals surface area contributed by atoms with E-state index in [1.165, 1.54) is 0 Å². The number of carboxylic acid groups (broad SMARTS) is 1. The number of fused-ring (bicyclic) bond motifs is 1. The quantitative estimate of drug-likeness (QED) is 0.498. The fraction of sp³-hybridized carbons (Fsp3) is 0.143. The number of anilines is 1. The van der Waals surface area contributed by atoms with Gasteiger partial charge in [0.2, 0.25) is 0 Å². The molecule has 1 fully saturated rings. The highest BCUT2D eigenvalue weighted by Crippen LogP contribution is 2.47. The Morgan fingerprint density at radius 1 is 1.17 bits per heavy atom. The van der Waals surface area contributed by atoms with Crippen LogP contribution >= 0.6 is 39.9 Å². The highest BCUT2D eigenvalue weighted by molar-refractivity contribution is 9.10. The van der Waals surface area contributed by atoms with Crippen molar-refractivity contribution in [3.63, 3.8) is 0 Å². The Morgan fingerprint density at radius 3 is 2.50 bits per heavy atom. The first-order valence-corrected chi connectivity index (χ1v) is 11.1. The van der Waals surface area contributed by atoms with E-state index in [9.17, 15) is 19.5 Å². The van der Waals surface area contributed by atoms with Gasteiger partial charge in [0.1, 0.15) is 4.32 Å². The summed E-state index contributed by atoms with van der Waals surface area (Å²) in [6.07, 6.45) is 0. The summed E-state index contributed by atoms with van der Waals surface area (Å²) in [5.74, 6) is -2.06. The van der Waals surface area contributed by atoms with Crippen LogP contribution in [-0.4, -0.2) is 38.7 Å². The summed E-state index contributed by atoms with van der Waals surface area (Å²) in [5.41, 5.74) is 2.03. The van der Waals surface area contributed by atoms with Crippen LogP contribution in [0.25, 0.3) is 5.57 Å². The highest BCUT2D eigenvalue weighted by atomic mass is 79.9. The molecular formula is C21H15BrN2O4S2. The Hall–Kier alpha value is -2.49. The SMILES string of the molecule is CCN1C(=O)/C(=C2\SC(=S)N(C(C(=O)O)c3ccccc3)C2=O)c2cc(Br)ccc21. The van der Waals surface area contributed by atoms with Crippen molar-refractivity contribution in [1.29, 1.82) is 0 Å². The van der Waals surface area contributed by atoms with Crippen LogP contribution in [-0.2, 0) is 14.4 Å². The molecule has 2 aliphatic heterocycles. The molecule has 2 amide bonds. The molecule has 0 aliphatic carbocycles. The van der Waals surface area contributed by atoms with E-state index in [2.05, 4.69) is 15.9 Å². The van der Waals surface area contributed by atoms with Gasteiger partial charge in [-0.25, -0.2) is 4.79 Å². The van der Waals surface area contributed by atoms with Crippen molar-refractivity contribution >= 4 is 73.3 Å². The summed E-state index contributed by atoms with van der Waals surface area (Å²) < 4.78 is 0.880. The molecular weight excluding hydrogens is 488 g/mol. The monoisotopic (exact) mass is 502 g/mol. The van der Waals surface area contributed by atoms with Gasteiger partial charge in [-0.05, 0) is 30.7 Å². The average molecular weight is 503 g/mol. The Balaban J connectivity index is 1.85. The highest BCUT2D eigenvalue weighted by Gasteiger charge is 2.46. The molecule has 2 aromatic rings. The van der Waals surface area contributed by atoms with Crippen molar-refractivity contribution < 1.29 is 19.5 Å². The number of carbonyl (C=O) groups excluding carboxylic acids is 2. The second kappa shape index (κ2) is 7.98. The predicted octanol–water partition coefficient (Wildman–Crippen LogP) is 4.21. The zero-order chi connectivity index (χ0) is 21.6. The number of nitrogens with zero attached hydrogens (tertiary/aromatic N) is 2. The molecule has 0 aromatic heterocycles. The van der Waals surface area contributed by atoms with Crippen molar-refractivity contribution in [2.24, 2.45) is 0 Å². The summed E-state index contributed by atoms with van der Waals surface area (Å²) in [6.45, 7) is 2.30. The lowest BCUT2D eigenvalue weighted by atomic mass is 10.0. The molecule has 2 heterocycles. The first-order valence-electron chi connectivity index (χ1n) is 9.04. The molecule has 1 N–H and O–H groups in total.